The lowest BCUT2D eigenvalue weighted by Gasteiger charge is -2.41. The van der Waals surface area contributed by atoms with Gasteiger partial charge in [-0.25, -0.2) is 0 Å². The largest absolute Gasteiger partial charge is 0.497 e. The molecule has 3 rings (SSSR count). The molecule has 0 aromatic heterocycles. The summed E-state index contributed by atoms with van der Waals surface area (Å²) < 4.78 is 10.8. The van der Waals surface area contributed by atoms with Crippen LogP contribution in [0, 0.1) is 0 Å². The Kier molecular flexibility index (Phi) is 5.56. The first kappa shape index (κ1) is 17.3. The van der Waals surface area contributed by atoms with Crippen molar-refractivity contribution < 1.29 is 14.3 Å². The van der Waals surface area contributed by atoms with E-state index in [1.165, 1.54) is 0 Å². The maximum atomic E-state index is 12.7. The van der Waals surface area contributed by atoms with Gasteiger partial charge in [0.05, 0.1) is 19.6 Å². The molecule has 1 unspecified atom stereocenters. The monoisotopic (exact) mass is 340 g/mol. The molecule has 1 amide bonds. The summed E-state index contributed by atoms with van der Waals surface area (Å²) in [4.78, 5) is 14.6. The molecule has 2 N–H and O–H groups in total. The normalized spacial score (nSPS) is 16.2. The molecule has 1 aliphatic heterocycles. The molecule has 2 aromatic carbocycles. The average molecular weight is 340 g/mol. The summed E-state index contributed by atoms with van der Waals surface area (Å²) in [5.74, 6) is 1.71. The molecule has 5 nitrogen and oxygen atoms in total. The highest BCUT2D eigenvalue weighted by Gasteiger charge is 2.33. The molecule has 0 saturated carbocycles. The van der Waals surface area contributed by atoms with Crippen LogP contribution in [-0.2, 0) is 11.2 Å². The maximum Gasteiger partial charge on any atom is 0.227 e. The van der Waals surface area contributed by atoms with Gasteiger partial charge in [-0.2, -0.15) is 0 Å². The first-order chi connectivity index (χ1) is 12.2. The highest BCUT2D eigenvalue weighted by Crippen LogP contribution is 2.35. The second-order valence-corrected chi connectivity index (χ2v) is 6.13. The zero-order valence-corrected chi connectivity index (χ0v) is 14.5. The predicted octanol–water partition coefficient (Wildman–Crippen LogP) is 2.55. The molecular formula is C20H24N2O3. The average Bonchev–Trinajstić information content (AvgIpc) is 2.59. The van der Waals surface area contributed by atoms with E-state index in [-0.39, 0.29) is 11.9 Å². The number of ether oxygens (including phenoxy) is 2. The van der Waals surface area contributed by atoms with Crippen molar-refractivity contribution in [1.82, 2.24) is 4.90 Å². The number of rotatable bonds is 7. The van der Waals surface area contributed by atoms with Crippen molar-refractivity contribution in [2.24, 2.45) is 5.73 Å². The molecule has 1 aliphatic rings. The van der Waals surface area contributed by atoms with E-state index in [2.05, 4.69) is 0 Å². The highest BCUT2D eigenvalue weighted by molar-refractivity contribution is 5.80. The minimum Gasteiger partial charge on any atom is -0.497 e. The van der Waals surface area contributed by atoms with Crippen LogP contribution >= 0.6 is 0 Å². The van der Waals surface area contributed by atoms with E-state index in [0.29, 0.717) is 19.6 Å². The van der Waals surface area contributed by atoms with Crippen LogP contribution in [0.15, 0.2) is 48.5 Å². The fraction of sp³-hybridized carbons (Fsp3) is 0.350. The second kappa shape index (κ2) is 8.03. The van der Waals surface area contributed by atoms with Gasteiger partial charge in [0.15, 0.2) is 0 Å². The Bertz CT molecular complexity index is 732. The van der Waals surface area contributed by atoms with Gasteiger partial charge in [-0.1, -0.05) is 24.3 Å². The number of amides is 1. The molecule has 1 atom stereocenters. The summed E-state index contributed by atoms with van der Waals surface area (Å²) in [5.41, 5.74) is 7.54. The van der Waals surface area contributed by atoms with Crippen LogP contribution in [-0.4, -0.2) is 37.6 Å². The second-order valence-electron chi connectivity index (χ2n) is 6.13. The van der Waals surface area contributed by atoms with Gasteiger partial charge in [0.1, 0.15) is 18.1 Å². The number of carbonyl (C=O) groups excluding carboxylic acids is 1. The van der Waals surface area contributed by atoms with Crippen molar-refractivity contribution in [3.8, 4) is 11.5 Å². The minimum atomic E-state index is 0.134. The SMILES string of the molecule is COc1cccc(C2CCN2C(=O)Cc2cccc(OCCN)c2)c1. The van der Waals surface area contributed by atoms with Crippen molar-refractivity contribution in [3.05, 3.63) is 59.7 Å². The van der Waals surface area contributed by atoms with Crippen molar-refractivity contribution in [2.45, 2.75) is 18.9 Å². The number of hydrogen-bond donors (Lipinski definition) is 1. The number of carbonyl (C=O) groups is 1. The molecule has 5 heteroatoms. The van der Waals surface area contributed by atoms with Gasteiger partial charge in [-0.05, 0) is 41.8 Å². The van der Waals surface area contributed by atoms with Crippen molar-refractivity contribution in [2.75, 3.05) is 26.8 Å². The fourth-order valence-electron chi connectivity index (χ4n) is 3.08. The Morgan fingerprint density at radius 2 is 2.00 bits per heavy atom. The Hall–Kier alpha value is -2.53. The molecule has 0 bridgehead atoms. The van der Waals surface area contributed by atoms with E-state index in [9.17, 15) is 4.79 Å². The van der Waals surface area contributed by atoms with Crippen LogP contribution in [0.1, 0.15) is 23.6 Å². The standard InChI is InChI=1S/C20H24N2O3/c1-24-17-6-3-5-16(14-17)19-8-10-22(19)20(23)13-15-4-2-7-18(12-15)25-11-9-21/h2-7,12,14,19H,8-11,13,21H2,1H3. The maximum absolute atomic E-state index is 12.7. The molecular weight excluding hydrogens is 316 g/mol. The summed E-state index contributed by atoms with van der Waals surface area (Å²) in [6.07, 6.45) is 1.36. The van der Waals surface area contributed by atoms with Crippen molar-refractivity contribution in [1.29, 1.82) is 0 Å². The number of nitrogens with zero attached hydrogens (tertiary/aromatic N) is 1. The summed E-state index contributed by atoms with van der Waals surface area (Å²) in [7, 11) is 1.66. The Morgan fingerprint density at radius 1 is 1.20 bits per heavy atom. The van der Waals surface area contributed by atoms with Crippen LogP contribution in [0.3, 0.4) is 0 Å². The third-order valence-corrected chi connectivity index (χ3v) is 4.46. The van der Waals surface area contributed by atoms with E-state index < -0.39 is 0 Å². The first-order valence-corrected chi connectivity index (χ1v) is 8.56. The molecule has 0 aliphatic carbocycles. The topological polar surface area (TPSA) is 64.8 Å². The van der Waals surface area contributed by atoms with E-state index in [1.54, 1.807) is 7.11 Å². The highest BCUT2D eigenvalue weighted by atomic mass is 16.5. The van der Waals surface area contributed by atoms with E-state index in [4.69, 9.17) is 15.2 Å². The fourth-order valence-corrected chi connectivity index (χ4v) is 3.08. The third kappa shape index (κ3) is 4.12. The molecule has 1 saturated heterocycles. The smallest absolute Gasteiger partial charge is 0.227 e. The number of benzene rings is 2. The Labute approximate surface area is 148 Å². The lowest BCUT2D eigenvalue weighted by atomic mass is 9.93. The van der Waals surface area contributed by atoms with Crippen LogP contribution in [0.25, 0.3) is 0 Å². The molecule has 1 fully saturated rings. The van der Waals surface area contributed by atoms with E-state index in [1.807, 2.05) is 53.4 Å². The zero-order chi connectivity index (χ0) is 17.6. The van der Waals surface area contributed by atoms with Crippen molar-refractivity contribution >= 4 is 5.91 Å². The van der Waals surface area contributed by atoms with Crippen LogP contribution in [0.2, 0.25) is 0 Å². The molecule has 2 aromatic rings. The lowest BCUT2D eigenvalue weighted by Crippen LogP contribution is -2.45. The van der Waals surface area contributed by atoms with Crippen LogP contribution < -0.4 is 15.2 Å². The van der Waals surface area contributed by atoms with Gasteiger partial charge < -0.3 is 20.1 Å². The Balaban J connectivity index is 1.65. The van der Waals surface area contributed by atoms with Gasteiger partial charge in [0.25, 0.3) is 0 Å². The molecule has 25 heavy (non-hydrogen) atoms. The quantitative estimate of drug-likeness (QED) is 0.841. The number of hydrogen-bond acceptors (Lipinski definition) is 4. The number of methoxy groups -OCH3 is 1. The lowest BCUT2D eigenvalue weighted by molar-refractivity contribution is -0.138. The van der Waals surface area contributed by atoms with E-state index in [0.717, 1.165) is 35.6 Å². The Morgan fingerprint density at radius 3 is 2.72 bits per heavy atom. The van der Waals surface area contributed by atoms with E-state index >= 15 is 0 Å². The first-order valence-electron chi connectivity index (χ1n) is 8.56. The zero-order valence-electron chi connectivity index (χ0n) is 14.5. The summed E-state index contributed by atoms with van der Waals surface area (Å²) >= 11 is 0. The van der Waals surface area contributed by atoms with Gasteiger partial charge in [-0.15, -0.1) is 0 Å². The van der Waals surface area contributed by atoms with Crippen molar-refractivity contribution in [3.63, 3.8) is 0 Å². The summed E-state index contributed by atoms with van der Waals surface area (Å²) in [6.45, 7) is 1.74. The van der Waals surface area contributed by atoms with Gasteiger partial charge in [-0.3, -0.25) is 4.79 Å². The minimum absolute atomic E-state index is 0.134. The molecule has 1 heterocycles. The van der Waals surface area contributed by atoms with Gasteiger partial charge in [0.2, 0.25) is 5.91 Å². The summed E-state index contributed by atoms with van der Waals surface area (Å²) in [5, 5.41) is 0. The predicted molar refractivity (Wildman–Crippen MR) is 96.8 cm³/mol. The van der Waals surface area contributed by atoms with Gasteiger partial charge in [0, 0.05) is 13.1 Å². The van der Waals surface area contributed by atoms with Gasteiger partial charge >= 0.3 is 0 Å². The molecule has 0 radical (unpaired) electrons. The molecule has 132 valence electrons. The van der Waals surface area contributed by atoms with Crippen LogP contribution in [0.4, 0.5) is 0 Å². The third-order valence-electron chi connectivity index (χ3n) is 4.46. The summed E-state index contributed by atoms with van der Waals surface area (Å²) in [6, 6.07) is 15.7. The van der Waals surface area contributed by atoms with Crippen LogP contribution in [0.5, 0.6) is 11.5 Å². The molecule has 0 spiro atoms. The number of likely N-dealkylation sites (tertiary alicyclic amines) is 1. The number of nitrogens with two attached hydrogens (primary N) is 1.